The molecule has 0 saturated carbocycles. The van der Waals surface area contributed by atoms with E-state index in [1.807, 2.05) is 42.3 Å². The monoisotopic (exact) mass is 366 g/mol. The molecule has 4 heterocycles. The molecule has 0 spiro atoms. The lowest BCUT2D eigenvalue weighted by Crippen LogP contribution is -2.53. The van der Waals surface area contributed by atoms with Crippen LogP contribution in [0.15, 0.2) is 36.7 Å². The van der Waals surface area contributed by atoms with Gasteiger partial charge >= 0.3 is 0 Å². The van der Waals surface area contributed by atoms with Gasteiger partial charge in [-0.3, -0.25) is 4.79 Å². The summed E-state index contributed by atoms with van der Waals surface area (Å²) in [7, 11) is 0. The van der Waals surface area contributed by atoms with Gasteiger partial charge in [-0.25, -0.2) is 15.0 Å². The van der Waals surface area contributed by atoms with E-state index in [2.05, 4.69) is 24.8 Å². The molecule has 2 saturated heterocycles. The average Bonchev–Trinajstić information content (AvgIpc) is 2.74. The van der Waals surface area contributed by atoms with Crippen molar-refractivity contribution >= 4 is 17.7 Å². The SMILES string of the molecule is Cc1ccnc(N2CCC[C@H](C(=O)N3CCN(c4ccccn4)CC3)C2)n1. The lowest BCUT2D eigenvalue weighted by atomic mass is 9.96. The number of carbonyl (C=O) groups excluding carboxylic acids is 1. The molecule has 7 heteroatoms. The smallest absolute Gasteiger partial charge is 0.227 e. The van der Waals surface area contributed by atoms with Crippen LogP contribution in [0.25, 0.3) is 0 Å². The highest BCUT2D eigenvalue weighted by Crippen LogP contribution is 2.23. The first kappa shape index (κ1) is 17.7. The molecule has 2 fully saturated rings. The Morgan fingerprint density at radius 2 is 1.85 bits per heavy atom. The predicted octanol–water partition coefficient (Wildman–Crippen LogP) is 1.75. The Bertz CT molecular complexity index is 775. The Balaban J connectivity index is 1.35. The van der Waals surface area contributed by atoms with E-state index in [1.165, 1.54) is 0 Å². The maximum Gasteiger partial charge on any atom is 0.227 e. The van der Waals surface area contributed by atoms with Crippen molar-refractivity contribution in [1.29, 1.82) is 0 Å². The summed E-state index contributed by atoms with van der Waals surface area (Å²) in [6.07, 6.45) is 5.56. The van der Waals surface area contributed by atoms with Crippen molar-refractivity contribution in [3.63, 3.8) is 0 Å². The molecule has 0 bridgehead atoms. The fourth-order valence-electron chi connectivity index (χ4n) is 3.90. The van der Waals surface area contributed by atoms with Gasteiger partial charge in [0.25, 0.3) is 0 Å². The molecule has 142 valence electrons. The molecule has 0 N–H and O–H groups in total. The zero-order valence-electron chi connectivity index (χ0n) is 15.8. The van der Waals surface area contributed by atoms with Gasteiger partial charge < -0.3 is 14.7 Å². The number of rotatable bonds is 3. The topological polar surface area (TPSA) is 65.5 Å². The zero-order valence-corrected chi connectivity index (χ0v) is 15.8. The summed E-state index contributed by atoms with van der Waals surface area (Å²) in [6.45, 7) is 6.78. The lowest BCUT2D eigenvalue weighted by molar-refractivity contribution is -0.136. The molecule has 4 rings (SSSR count). The summed E-state index contributed by atoms with van der Waals surface area (Å²) in [6, 6.07) is 7.86. The zero-order chi connectivity index (χ0) is 18.6. The highest BCUT2D eigenvalue weighted by Gasteiger charge is 2.32. The highest BCUT2D eigenvalue weighted by atomic mass is 16.2. The molecule has 0 aliphatic carbocycles. The van der Waals surface area contributed by atoms with Crippen molar-refractivity contribution in [2.24, 2.45) is 5.92 Å². The molecule has 2 aromatic rings. The van der Waals surface area contributed by atoms with Crippen LogP contribution in [0.4, 0.5) is 11.8 Å². The van der Waals surface area contributed by atoms with E-state index in [0.29, 0.717) is 6.54 Å². The Labute approximate surface area is 160 Å². The van der Waals surface area contributed by atoms with Crippen molar-refractivity contribution in [3.8, 4) is 0 Å². The van der Waals surface area contributed by atoms with Gasteiger partial charge in [0, 0.05) is 57.4 Å². The standard InChI is InChI=1S/C20H26N6O/c1-16-7-9-22-20(23-16)26-10-4-5-17(15-26)19(27)25-13-11-24(12-14-25)18-6-2-3-8-21-18/h2-3,6-9,17H,4-5,10-15H2,1H3/t17-/m0/s1. The second-order valence-electron chi connectivity index (χ2n) is 7.28. The number of hydrogen-bond donors (Lipinski definition) is 0. The van der Waals surface area contributed by atoms with Crippen LogP contribution >= 0.6 is 0 Å². The van der Waals surface area contributed by atoms with Gasteiger partial charge in [0.1, 0.15) is 5.82 Å². The van der Waals surface area contributed by atoms with Crippen LogP contribution < -0.4 is 9.80 Å². The molecule has 7 nitrogen and oxygen atoms in total. The second kappa shape index (κ2) is 7.90. The van der Waals surface area contributed by atoms with Gasteiger partial charge in [-0.05, 0) is 38.0 Å². The van der Waals surface area contributed by atoms with Gasteiger partial charge in [-0.15, -0.1) is 0 Å². The van der Waals surface area contributed by atoms with Gasteiger partial charge in [-0.1, -0.05) is 6.07 Å². The van der Waals surface area contributed by atoms with E-state index in [9.17, 15) is 4.79 Å². The quantitative estimate of drug-likeness (QED) is 0.825. The van der Waals surface area contributed by atoms with E-state index in [0.717, 1.165) is 63.0 Å². The minimum atomic E-state index is 0.0317. The normalized spacial score (nSPS) is 20.6. The van der Waals surface area contributed by atoms with E-state index in [4.69, 9.17) is 0 Å². The average molecular weight is 366 g/mol. The molecule has 2 aliphatic rings. The summed E-state index contributed by atoms with van der Waals surface area (Å²) in [5.74, 6) is 2.04. The van der Waals surface area contributed by atoms with Crippen LogP contribution in [0.5, 0.6) is 0 Å². The Kier molecular flexibility index (Phi) is 5.18. The van der Waals surface area contributed by atoms with Gasteiger partial charge in [-0.2, -0.15) is 0 Å². The summed E-state index contributed by atoms with van der Waals surface area (Å²) < 4.78 is 0. The fraction of sp³-hybridized carbons (Fsp3) is 0.500. The fourth-order valence-corrected chi connectivity index (χ4v) is 3.90. The third kappa shape index (κ3) is 4.02. The molecule has 1 amide bonds. The summed E-state index contributed by atoms with van der Waals surface area (Å²) in [5, 5.41) is 0. The number of pyridine rings is 1. The summed E-state index contributed by atoms with van der Waals surface area (Å²) >= 11 is 0. The van der Waals surface area contributed by atoms with Crippen molar-refractivity contribution in [1.82, 2.24) is 19.9 Å². The highest BCUT2D eigenvalue weighted by molar-refractivity contribution is 5.80. The lowest BCUT2D eigenvalue weighted by Gasteiger charge is -2.39. The van der Waals surface area contributed by atoms with Crippen LogP contribution in [0.2, 0.25) is 0 Å². The molecule has 0 aromatic carbocycles. The molecule has 2 aromatic heterocycles. The number of amides is 1. The van der Waals surface area contributed by atoms with Crippen LogP contribution in [0.1, 0.15) is 18.5 Å². The maximum atomic E-state index is 13.1. The number of anilines is 2. The van der Waals surface area contributed by atoms with Crippen molar-refractivity contribution in [2.75, 3.05) is 49.1 Å². The number of hydrogen-bond acceptors (Lipinski definition) is 6. The van der Waals surface area contributed by atoms with Gasteiger partial charge in [0.2, 0.25) is 11.9 Å². The molecule has 1 atom stereocenters. The number of nitrogens with zero attached hydrogens (tertiary/aromatic N) is 6. The number of carbonyl (C=O) groups is 1. The van der Waals surface area contributed by atoms with Crippen LogP contribution in [-0.2, 0) is 4.79 Å². The minimum absolute atomic E-state index is 0.0317. The number of piperidine rings is 1. The molecular formula is C20H26N6O. The maximum absolute atomic E-state index is 13.1. The number of aromatic nitrogens is 3. The molecule has 0 unspecified atom stereocenters. The van der Waals surface area contributed by atoms with Crippen LogP contribution in [0, 0.1) is 12.8 Å². The van der Waals surface area contributed by atoms with Crippen molar-refractivity contribution < 1.29 is 4.79 Å². The number of aryl methyl sites for hydroxylation is 1. The third-order valence-electron chi connectivity index (χ3n) is 5.40. The van der Waals surface area contributed by atoms with E-state index < -0.39 is 0 Å². The molecule has 2 aliphatic heterocycles. The second-order valence-corrected chi connectivity index (χ2v) is 7.28. The third-order valence-corrected chi connectivity index (χ3v) is 5.40. The Morgan fingerprint density at radius 1 is 1.00 bits per heavy atom. The Hall–Kier alpha value is -2.70. The van der Waals surface area contributed by atoms with E-state index in [-0.39, 0.29) is 11.8 Å². The summed E-state index contributed by atoms with van der Waals surface area (Å²) in [4.78, 5) is 32.8. The Morgan fingerprint density at radius 3 is 2.59 bits per heavy atom. The predicted molar refractivity (Wildman–Crippen MR) is 105 cm³/mol. The largest absolute Gasteiger partial charge is 0.353 e. The molecule has 0 radical (unpaired) electrons. The first-order valence-electron chi connectivity index (χ1n) is 9.70. The first-order chi connectivity index (χ1) is 13.2. The van der Waals surface area contributed by atoms with E-state index in [1.54, 1.807) is 6.20 Å². The van der Waals surface area contributed by atoms with Gasteiger partial charge in [0.15, 0.2) is 0 Å². The summed E-state index contributed by atoms with van der Waals surface area (Å²) in [5.41, 5.74) is 0.957. The van der Waals surface area contributed by atoms with Crippen molar-refractivity contribution in [2.45, 2.75) is 19.8 Å². The van der Waals surface area contributed by atoms with Gasteiger partial charge in [0.05, 0.1) is 5.92 Å². The minimum Gasteiger partial charge on any atom is -0.353 e. The van der Waals surface area contributed by atoms with Crippen LogP contribution in [0.3, 0.4) is 0 Å². The van der Waals surface area contributed by atoms with Crippen LogP contribution in [-0.4, -0.2) is 65.0 Å². The number of piperazine rings is 1. The molecule has 27 heavy (non-hydrogen) atoms. The first-order valence-corrected chi connectivity index (χ1v) is 9.70. The van der Waals surface area contributed by atoms with E-state index >= 15 is 0 Å². The molecular weight excluding hydrogens is 340 g/mol. The van der Waals surface area contributed by atoms with Crippen molar-refractivity contribution in [3.05, 3.63) is 42.4 Å².